The Bertz CT molecular complexity index is 1040. The van der Waals surface area contributed by atoms with Crippen LogP contribution in [0.1, 0.15) is 12.5 Å². The number of pyridine rings is 1. The molecule has 3 aromatic rings. The van der Waals surface area contributed by atoms with E-state index in [-0.39, 0.29) is 10.0 Å². The van der Waals surface area contributed by atoms with E-state index < -0.39 is 16.1 Å². The predicted octanol–water partition coefficient (Wildman–Crippen LogP) is 3.53. The highest BCUT2D eigenvalue weighted by Gasteiger charge is 2.23. The summed E-state index contributed by atoms with van der Waals surface area (Å²) in [6, 6.07) is 14.9. The van der Waals surface area contributed by atoms with E-state index in [2.05, 4.69) is 9.71 Å². The van der Waals surface area contributed by atoms with Crippen LogP contribution >= 0.6 is 11.8 Å². The number of carbonyl (C=O) groups excluding carboxylic acids is 1. The highest BCUT2D eigenvalue weighted by Crippen LogP contribution is 2.27. The summed E-state index contributed by atoms with van der Waals surface area (Å²) < 4.78 is 27.3. The Kier molecular flexibility index (Phi) is 5.41. The summed E-state index contributed by atoms with van der Waals surface area (Å²) in [6.45, 7) is 3.42. The van der Waals surface area contributed by atoms with Gasteiger partial charge in [0.2, 0.25) is 15.1 Å². The van der Waals surface area contributed by atoms with Crippen molar-refractivity contribution in [3.8, 4) is 0 Å². The van der Waals surface area contributed by atoms with E-state index in [1.165, 1.54) is 12.1 Å². The Labute approximate surface area is 156 Å². The molecular formula is C19H18N2O3S2. The van der Waals surface area contributed by atoms with Crippen molar-refractivity contribution in [2.24, 2.45) is 0 Å². The normalized spacial score (nSPS) is 12.8. The predicted molar refractivity (Wildman–Crippen MR) is 104 cm³/mol. The zero-order valence-corrected chi connectivity index (χ0v) is 16.0. The molecular weight excluding hydrogens is 368 g/mol. The summed E-state index contributed by atoms with van der Waals surface area (Å²) in [5, 5.41) is 0.636. The molecule has 2 aromatic carbocycles. The average Bonchev–Trinajstić information content (AvgIpc) is 2.62. The van der Waals surface area contributed by atoms with Crippen molar-refractivity contribution >= 4 is 37.8 Å². The first-order chi connectivity index (χ1) is 12.4. The second-order valence-electron chi connectivity index (χ2n) is 5.91. The number of nitrogens with one attached hydrogen (secondary N) is 1. The van der Waals surface area contributed by atoms with Crippen LogP contribution in [0.25, 0.3) is 10.9 Å². The Hall–Kier alpha value is -2.22. The van der Waals surface area contributed by atoms with E-state index in [0.29, 0.717) is 4.90 Å². The fourth-order valence-electron chi connectivity index (χ4n) is 2.42. The minimum absolute atomic E-state index is 0.138. The molecule has 134 valence electrons. The largest absolute Gasteiger partial charge is 0.285 e. The smallest absolute Gasteiger partial charge is 0.241 e. The van der Waals surface area contributed by atoms with Crippen LogP contribution in [0.4, 0.5) is 0 Å². The molecule has 0 aliphatic carbocycles. The summed E-state index contributed by atoms with van der Waals surface area (Å²) in [5.74, 6) is 0. The van der Waals surface area contributed by atoms with Gasteiger partial charge in [0.1, 0.15) is 0 Å². The zero-order valence-electron chi connectivity index (χ0n) is 14.3. The Balaban J connectivity index is 1.76. The van der Waals surface area contributed by atoms with Crippen molar-refractivity contribution in [1.82, 2.24) is 9.71 Å². The Morgan fingerprint density at radius 3 is 2.50 bits per heavy atom. The number of aryl methyl sites for hydroxylation is 1. The lowest BCUT2D eigenvalue weighted by Crippen LogP contribution is -2.37. The quantitative estimate of drug-likeness (QED) is 0.679. The first-order valence-corrected chi connectivity index (χ1v) is 10.3. The van der Waals surface area contributed by atoms with Crippen LogP contribution in [0.3, 0.4) is 0 Å². The van der Waals surface area contributed by atoms with Crippen LogP contribution in [-0.2, 0) is 14.8 Å². The van der Waals surface area contributed by atoms with Crippen molar-refractivity contribution < 1.29 is 13.2 Å². The van der Waals surface area contributed by atoms with Gasteiger partial charge in [-0.25, -0.2) is 8.42 Å². The standard InChI is InChI=1S/C19H18N2O3S2/c1-13-8-10-16(11-9-13)26(23,24)21-14(2)19(22)25-17-7-3-5-15-6-4-12-20-18(15)17/h3-12,14,21H,1-2H3/t14-/m0/s1. The number of aromatic nitrogens is 1. The number of rotatable bonds is 5. The molecule has 5 nitrogen and oxygen atoms in total. The van der Waals surface area contributed by atoms with Crippen LogP contribution in [0.2, 0.25) is 0 Å². The maximum atomic E-state index is 12.5. The first-order valence-electron chi connectivity index (χ1n) is 8.01. The number of benzene rings is 2. The molecule has 1 aromatic heterocycles. The van der Waals surface area contributed by atoms with Gasteiger partial charge in [-0.1, -0.05) is 35.9 Å². The van der Waals surface area contributed by atoms with Gasteiger partial charge >= 0.3 is 0 Å². The molecule has 0 radical (unpaired) electrons. The summed E-state index contributed by atoms with van der Waals surface area (Å²) in [5.41, 5.74) is 1.69. The molecule has 1 N–H and O–H groups in total. The molecule has 1 heterocycles. The first kappa shape index (κ1) is 18.6. The maximum Gasteiger partial charge on any atom is 0.241 e. The number of nitrogens with zero attached hydrogens (tertiary/aromatic N) is 1. The van der Waals surface area contributed by atoms with Crippen LogP contribution in [0.15, 0.2) is 70.6 Å². The molecule has 0 amide bonds. The van der Waals surface area contributed by atoms with Crippen molar-refractivity contribution in [2.45, 2.75) is 29.7 Å². The van der Waals surface area contributed by atoms with Gasteiger partial charge in [-0.15, -0.1) is 0 Å². The molecule has 1 atom stereocenters. The van der Waals surface area contributed by atoms with E-state index in [0.717, 1.165) is 28.2 Å². The van der Waals surface area contributed by atoms with Gasteiger partial charge in [-0.3, -0.25) is 9.78 Å². The molecule has 7 heteroatoms. The lowest BCUT2D eigenvalue weighted by molar-refractivity contribution is -0.112. The van der Waals surface area contributed by atoms with Gasteiger partial charge in [0.25, 0.3) is 0 Å². The molecule has 0 saturated heterocycles. The minimum atomic E-state index is -3.76. The van der Waals surface area contributed by atoms with E-state index >= 15 is 0 Å². The second-order valence-corrected chi connectivity index (χ2v) is 8.67. The topological polar surface area (TPSA) is 76.1 Å². The third-order valence-electron chi connectivity index (χ3n) is 3.82. The summed E-state index contributed by atoms with van der Waals surface area (Å²) in [7, 11) is -3.76. The van der Waals surface area contributed by atoms with Gasteiger partial charge in [-0.05, 0) is 49.9 Å². The Morgan fingerprint density at radius 1 is 1.08 bits per heavy atom. The molecule has 0 unspecified atom stereocenters. The van der Waals surface area contributed by atoms with Gasteiger partial charge in [0, 0.05) is 16.5 Å². The van der Waals surface area contributed by atoms with E-state index in [4.69, 9.17) is 0 Å². The fraction of sp³-hybridized carbons (Fsp3) is 0.158. The number of carbonyl (C=O) groups is 1. The maximum absolute atomic E-state index is 12.5. The molecule has 0 aliphatic rings. The fourth-order valence-corrected chi connectivity index (χ4v) is 4.57. The number of hydrogen-bond donors (Lipinski definition) is 1. The lowest BCUT2D eigenvalue weighted by atomic mass is 10.2. The lowest BCUT2D eigenvalue weighted by Gasteiger charge is -2.13. The highest BCUT2D eigenvalue weighted by molar-refractivity contribution is 8.14. The van der Waals surface area contributed by atoms with Gasteiger partial charge in [0.15, 0.2) is 0 Å². The summed E-state index contributed by atoms with van der Waals surface area (Å²) >= 11 is 0.991. The van der Waals surface area contributed by atoms with Crippen LogP contribution in [0.5, 0.6) is 0 Å². The van der Waals surface area contributed by atoms with Gasteiger partial charge < -0.3 is 0 Å². The van der Waals surface area contributed by atoms with Crippen LogP contribution < -0.4 is 4.72 Å². The molecule has 0 saturated carbocycles. The highest BCUT2D eigenvalue weighted by atomic mass is 32.2. The number of para-hydroxylation sites is 1. The van der Waals surface area contributed by atoms with Crippen molar-refractivity contribution in [3.63, 3.8) is 0 Å². The average molecular weight is 386 g/mol. The molecule has 0 fully saturated rings. The summed E-state index contributed by atoms with van der Waals surface area (Å²) in [6.07, 6.45) is 1.67. The number of sulfonamides is 1. The van der Waals surface area contributed by atoms with Gasteiger partial charge in [0.05, 0.1) is 16.5 Å². The minimum Gasteiger partial charge on any atom is -0.285 e. The SMILES string of the molecule is Cc1ccc(S(=O)(=O)N[C@@H](C)C(=O)Sc2cccc3cccnc23)cc1. The third-order valence-corrected chi connectivity index (χ3v) is 6.48. The number of fused-ring (bicyclic) bond motifs is 1. The second kappa shape index (κ2) is 7.57. The van der Waals surface area contributed by atoms with Crippen molar-refractivity contribution in [1.29, 1.82) is 0 Å². The molecule has 0 aliphatic heterocycles. The van der Waals surface area contributed by atoms with Crippen LogP contribution in [-0.4, -0.2) is 24.6 Å². The number of thioether (sulfide) groups is 1. The monoisotopic (exact) mass is 386 g/mol. The molecule has 26 heavy (non-hydrogen) atoms. The third kappa shape index (κ3) is 4.12. The molecule has 0 spiro atoms. The van der Waals surface area contributed by atoms with E-state index in [9.17, 15) is 13.2 Å². The Morgan fingerprint density at radius 2 is 1.77 bits per heavy atom. The molecule has 0 bridgehead atoms. The van der Waals surface area contributed by atoms with Crippen molar-refractivity contribution in [3.05, 3.63) is 66.4 Å². The number of hydrogen-bond acceptors (Lipinski definition) is 5. The van der Waals surface area contributed by atoms with E-state index in [1.54, 1.807) is 31.3 Å². The van der Waals surface area contributed by atoms with Crippen LogP contribution in [0, 0.1) is 6.92 Å². The zero-order chi connectivity index (χ0) is 18.7. The molecule has 3 rings (SSSR count). The van der Waals surface area contributed by atoms with Gasteiger partial charge in [-0.2, -0.15) is 4.72 Å². The summed E-state index contributed by atoms with van der Waals surface area (Å²) in [4.78, 5) is 17.7. The van der Waals surface area contributed by atoms with Crippen molar-refractivity contribution in [2.75, 3.05) is 0 Å². The van der Waals surface area contributed by atoms with E-state index in [1.807, 2.05) is 31.2 Å².